The molecule has 1 aliphatic rings. The summed E-state index contributed by atoms with van der Waals surface area (Å²) < 4.78 is 6.08. The molecule has 1 aromatic carbocycles. The van der Waals surface area contributed by atoms with Gasteiger partial charge in [0.05, 0.1) is 39.3 Å². The van der Waals surface area contributed by atoms with Crippen LogP contribution in [-0.2, 0) is 4.79 Å². The molecule has 1 N–H and O–H groups in total. The number of fused-ring (bicyclic) bond motifs is 1. The molecule has 1 amide bonds. The van der Waals surface area contributed by atoms with Crippen LogP contribution in [0.3, 0.4) is 0 Å². The number of halogens is 1. The number of nitrogens with zero attached hydrogens (tertiary/aromatic N) is 1. The highest BCUT2D eigenvalue weighted by molar-refractivity contribution is 6.00. The lowest BCUT2D eigenvalue weighted by Crippen LogP contribution is -3.00. The van der Waals surface area contributed by atoms with Crippen LogP contribution in [0.5, 0.6) is 5.75 Å². The molecule has 1 unspecified atom stereocenters. The average molecular weight is 404 g/mol. The van der Waals surface area contributed by atoms with Crippen LogP contribution in [0.2, 0.25) is 0 Å². The van der Waals surface area contributed by atoms with Gasteiger partial charge in [0.15, 0.2) is 12.4 Å². The van der Waals surface area contributed by atoms with E-state index in [0.29, 0.717) is 17.0 Å². The van der Waals surface area contributed by atoms with Crippen molar-refractivity contribution >= 4 is 17.4 Å². The van der Waals surface area contributed by atoms with Gasteiger partial charge in [0.2, 0.25) is 0 Å². The molecule has 1 aliphatic heterocycles. The number of carbonyl (C=O) groups excluding carboxylic acids is 2. The van der Waals surface area contributed by atoms with Crippen LogP contribution in [0, 0.1) is 5.92 Å². The highest BCUT2D eigenvalue weighted by Crippen LogP contribution is 2.29. The molecular weight excluding hydrogens is 383 g/mol. The fraction of sp³-hybridized carbons (Fsp3) is 0.467. The first-order chi connectivity index (χ1) is 9.26. The quantitative estimate of drug-likeness (QED) is 0.380. The number of hydrogen-bond acceptors (Lipinski definition) is 3. The molecule has 0 spiro atoms. The average Bonchev–Trinajstić information content (AvgIpc) is 2.35. The van der Waals surface area contributed by atoms with Gasteiger partial charge in [-0.1, -0.05) is 0 Å². The highest BCUT2D eigenvalue weighted by atomic mass is 127. The van der Waals surface area contributed by atoms with Crippen molar-refractivity contribution in [1.82, 2.24) is 0 Å². The minimum Gasteiger partial charge on any atom is -1.00 e. The van der Waals surface area contributed by atoms with Gasteiger partial charge in [0.25, 0.3) is 5.91 Å². The van der Waals surface area contributed by atoms with Crippen LogP contribution in [-0.4, -0.2) is 50.5 Å². The number of ketones is 1. The lowest BCUT2D eigenvalue weighted by Gasteiger charge is -2.27. The summed E-state index contributed by atoms with van der Waals surface area (Å²) in [6.45, 7) is 2.71. The van der Waals surface area contributed by atoms with E-state index in [4.69, 9.17) is 4.74 Å². The SMILES string of the molecule is CC(C[N+](C)(C)C)C(=O)c1ccc2c(c1)OCC(=O)N2.[I-]. The van der Waals surface area contributed by atoms with Crippen molar-refractivity contribution in [2.45, 2.75) is 6.92 Å². The maximum absolute atomic E-state index is 12.4. The molecule has 1 aromatic rings. The second-order valence-electron chi connectivity index (χ2n) is 6.29. The van der Waals surface area contributed by atoms with Crippen molar-refractivity contribution in [1.29, 1.82) is 0 Å². The smallest absolute Gasteiger partial charge is 0.262 e. The molecule has 0 aromatic heterocycles. The second-order valence-corrected chi connectivity index (χ2v) is 6.29. The van der Waals surface area contributed by atoms with Gasteiger partial charge >= 0.3 is 0 Å². The van der Waals surface area contributed by atoms with E-state index in [9.17, 15) is 9.59 Å². The molecule has 0 fully saturated rings. The van der Waals surface area contributed by atoms with E-state index >= 15 is 0 Å². The lowest BCUT2D eigenvalue weighted by atomic mass is 9.97. The molecular formula is C15H21IN2O3. The second kappa shape index (κ2) is 6.74. The van der Waals surface area contributed by atoms with E-state index in [2.05, 4.69) is 26.5 Å². The number of quaternary nitrogens is 1. The van der Waals surface area contributed by atoms with Gasteiger partial charge in [0.1, 0.15) is 5.75 Å². The van der Waals surface area contributed by atoms with Gasteiger partial charge in [-0.05, 0) is 25.1 Å². The number of carbonyl (C=O) groups is 2. The van der Waals surface area contributed by atoms with Gasteiger partial charge in [-0.3, -0.25) is 9.59 Å². The van der Waals surface area contributed by atoms with Crippen LogP contribution in [0.15, 0.2) is 18.2 Å². The monoisotopic (exact) mass is 404 g/mol. The largest absolute Gasteiger partial charge is 1.00 e. The zero-order valence-corrected chi connectivity index (χ0v) is 14.9. The maximum Gasteiger partial charge on any atom is 0.262 e. The Hall–Kier alpha value is -1.15. The molecule has 2 rings (SSSR count). The predicted octanol–water partition coefficient (Wildman–Crippen LogP) is -1.45. The molecule has 0 saturated carbocycles. The van der Waals surface area contributed by atoms with E-state index in [-0.39, 0.29) is 48.2 Å². The molecule has 0 saturated heterocycles. The fourth-order valence-corrected chi connectivity index (χ4v) is 2.42. The van der Waals surface area contributed by atoms with E-state index in [1.807, 2.05) is 6.92 Å². The Labute approximate surface area is 142 Å². The minimum absolute atomic E-state index is 0. The number of anilines is 1. The van der Waals surface area contributed by atoms with E-state index in [0.717, 1.165) is 11.0 Å². The van der Waals surface area contributed by atoms with Crippen LogP contribution < -0.4 is 34.0 Å². The summed E-state index contributed by atoms with van der Waals surface area (Å²) in [5.41, 5.74) is 1.25. The summed E-state index contributed by atoms with van der Waals surface area (Å²) in [5.74, 6) is 0.426. The maximum atomic E-state index is 12.4. The van der Waals surface area contributed by atoms with Crippen LogP contribution in [0.1, 0.15) is 17.3 Å². The first kappa shape index (κ1) is 17.9. The Kier molecular flexibility index (Phi) is 5.75. The Morgan fingerprint density at radius 1 is 1.38 bits per heavy atom. The third-order valence-corrected chi connectivity index (χ3v) is 3.17. The first-order valence-corrected chi connectivity index (χ1v) is 6.67. The molecule has 116 valence electrons. The summed E-state index contributed by atoms with van der Waals surface area (Å²) in [7, 11) is 6.19. The van der Waals surface area contributed by atoms with Gasteiger partial charge in [0, 0.05) is 5.56 Å². The van der Waals surface area contributed by atoms with E-state index < -0.39 is 0 Å². The summed E-state index contributed by atoms with van der Waals surface area (Å²) in [6, 6.07) is 5.17. The van der Waals surface area contributed by atoms with Gasteiger partial charge in [-0.2, -0.15) is 0 Å². The normalized spacial score (nSPS) is 15.1. The molecule has 0 radical (unpaired) electrons. The summed E-state index contributed by atoms with van der Waals surface area (Å²) >= 11 is 0. The van der Waals surface area contributed by atoms with Crippen molar-refractivity contribution in [2.75, 3.05) is 39.6 Å². The lowest BCUT2D eigenvalue weighted by molar-refractivity contribution is -0.872. The number of amides is 1. The van der Waals surface area contributed by atoms with Crippen molar-refractivity contribution in [3.63, 3.8) is 0 Å². The third-order valence-electron chi connectivity index (χ3n) is 3.17. The van der Waals surface area contributed by atoms with E-state index in [1.54, 1.807) is 18.2 Å². The number of rotatable bonds is 4. The Morgan fingerprint density at radius 2 is 2.05 bits per heavy atom. The Bertz CT molecular complexity index is 552. The third kappa shape index (κ3) is 4.67. The van der Waals surface area contributed by atoms with E-state index in [1.165, 1.54) is 0 Å². The molecule has 6 heteroatoms. The van der Waals surface area contributed by atoms with Gasteiger partial charge < -0.3 is 38.5 Å². The number of benzene rings is 1. The molecule has 1 heterocycles. The fourth-order valence-electron chi connectivity index (χ4n) is 2.42. The Morgan fingerprint density at radius 3 is 2.67 bits per heavy atom. The van der Waals surface area contributed by atoms with Crippen molar-refractivity contribution < 1.29 is 42.8 Å². The topological polar surface area (TPSA) is 55.4 Å². The summed E-state index contributed by atoms with van der Waals surface area (Å²) in [6.07, 6.45) is 0. The van der Waals surface area contributed by atoms with Crippen molar-refractivity contribution in [3.8, 4) is 5.75 Å². The Balaban J connectivity index is 0.00000220. The van der Waals surface area contributed by atoms with Crippen LogP contribution in [0.25, 0.3) is 0 Å². The first-order valence-electron chi connectivity index (χ1n) is 6.67. The zero-order valence-electron chi connectivity index (χ0n) is 12.8. The summed E-state index contributed by atoms with van der Waals surface area (Å²) in [5, 5.41) is 2.72. The zero-order chi connectivity index (χ0) is 14.9. The van der Waals surface area contributed by atoms with Crippen LogP contribution in [0.4, 0.5) is 5.69 Å². The van der Waals surface area contributed by atoms with Gasteiger partial charge in [-0.15, -0.1) is 0 Å². The highest BCUT2D eigenvalue weighted by Gasteiger charge is 2.24. The van der Waals surface area contributed by atoms with Crippen LogP contribution >= 0.6 is 0 Å². The number of Topliss-reactive ketones (excluding diaryl/α,β-unsaturated/α-hetero) is 1. The minimum atomic E-state index is -0.171. The molecule has 0 bridgehead atoms. The standard InChI is InChI=1S/C15H20N2O3.HI/c1-10(8-17(2,3)4)15(19)11-5-6-12-13(7-11)20-9-14(18)16-12;/h5-7,10H,8-9H2,1-4H3;1H. The van der Waals surface area contributed by atoms with Gasteiger partial charge in [-0.25, -0.2) is 0 Å². The summed E-state index contributed by atoms with van der Waals surface area (Å²) in [4.78, 5) is 23.6. The number of nitrogens with one attached hydrogen (secondary N) is 1. The molecule has 5 nitrogen and oxygen atoms in total. The van der Waals surface area contributed by atoms with Crippen molar-refractivity contribution in [3.05, 3.63) is 23.8 Å². The predicted molar refractivity (Wildman–Crippen MR) is 77.0 cm³/mol. The molecule has 21 heavy (non-hydrogen) atoms. The number of hydrogen-bond donors (Lipinski definition) is 1. The number of ether oxygens (including phenoxy) is 1. The molecule has 1 atom stereocenters. The van der Waals surface area contributed by atoms with Crippen molar-refractivity contribution in [2.24, 2.45) is 5.92 Å². The molecule has 0 aliphatic carbocycles.